The number of nitro benzene ring substituents is 1. The number of hydrogen-bond acceptors (Lipinski definition) is 6. The SMILES string of the molecule is CCCCCCOc1ccccc1C(=O)NC(=S)Nc1ccc([N+](=O)[O-])cc1O. The third-order valence-electron chi connectivity index (χ3n) is 4.05. The number of hydrogen-bond donors (Lipinski definition) is 3. The number of rotatable bonds is 9. The highest BCUT2D eigenvalue weighted by molar-refractivity contribution is 7.80. The van der Waals surface area contributed by atoms with Crippen molar-refractivity contribution < 1.29 is 19.6 Å². The highest BCUT2D eigenvalue weighted by Gasteiger charge is 2.15. The van der Waals surface area contributed by atoms with E-state index in [0.717, 1.165) is 31.7 Å². The van der Waals surface area contributed by atoms with E-state index >= 15 is 0 Å². The van der Waals surface area contributed by atoms with Crippen molar-refractivity contribution in [1.82, 2.24) is 5.32 Å². The van der Waals surface area contributed by atoms with Gasteiger partial charge < -0.3 is 15.2 Å². The molecule has 0 aliphatic rings. The minimum atomic E-state index is -0.622. The number of phenols is 1. The molecule has 0 bridgehead atoms. The third kappa shape index (κ3) is 6.72. The highest BCUT2D eigenvalue weighted by atomic mass is 32.1. The van der Waals surface area contributed by atoms with E-state index < -0.39 is 10.8 Å². The minimum Gasteiger partial charge on any atom is -0.506 e. The number of unbranched alkanes of at least 4 members (excludes halogenated alkanes) is 3. The smallest absolute Gasteiger partial charge is 0.273 e. The van der Waals surface area contributed by atoms with E-state index in [1.807, 2.05) is 0 Å². The van der Waals surface area contributed by atoms with E-state index in [-0.39, 0.29) is 22.2 Å². The Labute approximate surface area is 174 Å². The van der Waals surface area contributed by atoms with E-state index in [4.69, 9.17) is 17.0 Å². The van der Waals surface area contributed by atoms with Crippen LogP contribution in [0, 0.1) is 10.1 Å². The first-order chi connectivity index (χ1) is 13.9. The van der Waals surface area contributed by atoms with E-state index in [1.165, 1.54) is 12.1 Å². The van der Waals surface area contributed by atoms with Crippen LogP contribution < -0.4 is 15.4 Å². The number of aromatic hydroxyl groups is 1. The van der Waals surface area contributed by atoms with Crippen LogP contribution in [0.4, 0.5) is 11.4 Å². The first-order valence-electron chi connectivity index (χ1n) is 9.24. The Morgan fingerprint density at radius 1 is 1.21 bits per heavy atom. The van der Waals surface area contributed by atoms with Gasteiger partial charge in [-0.05, 0) is 36.8 Å². The molecular weight excluding hydrogens is 394 g/mol. The zero-order valence-corrected chi connectivity index (χ0v) is 16.8. The molecule has 154 valence electrons. The Bertz CT molecular complexity index is 888. The Balaban J connectivity index is 1.97. The number of anilines is 1. The average Bonchev–Trinajstić information content (AvgIpc) is 2.69. The lowest BCUT2D eigenvalue weighted by Gasteiger charge is -2.13. The number of nitro groups is 1. The first-order valence-corrected chi connectivity index (χ1v) is 9.64. The maximum Gasteiger partial charge on any atom is 0.273 e. The molecule has 9 heteroatoms. The lowest BCUT2D eigenvalue weighted by Crippen LogP contribution is -2.34. The molecule has 0 fully saturated rings. The summed E-state index contributed by atoms with van der Waals surface area (Å²) < 4.78 is 5.73. The van der Waals surface area contributed by atoms with Crippen LogP contribution in [0.15, 0.2) is 42.5 Å². The zero-order chi connectivity index (χ0) is 21.2. The monoisotopic (exact) mass is 417 g/mol. The topological polar surface area (TPSA) is 114 Å². The summed E-state index contributed by atoms with van der Waals surface area (Å²) in [4.78, 5) is 22.7. The highest BCUT2D eigenvalue weighted by Crippen LogP contribution is 2.27. The van der Waals surface area contributed by atoms with Gasteiger partial charge in [-0.2, -0.15) is 0 Å². The van der Waals surface area contributed by atoms with Crippen LogP contribution in [0.5, 0.6) is 11.5 Å². The molecule has 0 heterocycles. The number of carbonyl (C=O) groups is 1. The molecule has 2 aromatic rings. The molecule has 0 unspecified atom stereocenters. The quantitative estimate of drug-likeness (QED) is 0.182. The number of non-ortho nitro benzene ring substituents is 1. The fourth-order valence-electron chi connectivity index (χ4n) is 2.55. The number of thiocarbonyl (C=S) groups is 1. The number of para-hydroxylation sites is 1. The van der Waals surface area contributed by atoms with Gasteiger partial charge in [-0.3, -0.25) is 20.2 Å². The molecule has 0 aliphatic heterocycles. The number of nitrogens with one attached hydrogen (secondary N) is 2. The van der Waals surface area contributed by atoms with Crippen molar-refractivity contribution in [3.8, 4) is 11.5 Å². The summed E-state index contributed by atoms with van der Waals surface area (Å²) in [6, 6.07) is 10.4. The summed E-state index contributed by atoms with van der Waals surface area (Å²) in [5.74, 6) is -0.359. The van der Waals surface area contributed by atoms with Gasteiger partial charge in [0.1, 0.15) is 11.5 Å². The van der Waals surface area contributed by atoms with Crippen molar-refractivity contribution in [2.45, 2.75) is 32.6 Å². The molecule has 1 amide bonds. The van der Waals surface area contributed by atoms with Gasteiger partial charge >= 0.3 is 0 Å². The predicted octanol–water partition coefficient (Wildman–Crippen LogP) is 4.39. The molecule has 8 nitrogen and oxygen atoms in total. The number of carbonyl (C=O) groups excluding carboxylic acids is 1. The van der Waals surface area contributed by atoms with Crippen LogP contribution in [0.2, 0.25) is 0 Å². The molecule has 0 aliphatic carbocycles. The largest absolute Gasteiger partial charge is 0.506 e. The van der Waals surface area contributed by atoms with Crippen molar-refractivity contribution in [1.29, 1.82) is 0 Å². The van der Waals surface area contributed by atoms with Crippen molar-refractivity contribution in [2.24, 2.45) is 0 Å². The molecule has 0 saturated carbocycles. The van der Waals surface area contributed by atoms with Gasteiger partial charge in [0.05, 0.1) is 28.8 Å². The first kappa shape index (κ1) is 22.1. The second-order valence-electron chi connectivity index (χ2n) is 6.27. The van der Waals surface area contributed by atoms with E-state index in [1.54, 1.807) is 24.3 Å². The number of phenolic OH excluding ortho intramolecular Hbond substituents is 1. The van der Waals surface area contributed by atoms with Gasteiger partial charge in [0, 0.05) is 6.07 Å². The van der Waals surface area contributed by atoms with E-state index in [0.29, 0.717) is 17.9 Å². The van der Waals surface area contributed by atoms with Crippen LogP contribution in [0.25, 0.3) is 0 Å². The second kappa shape index (κ2) is 11.0. The van der Waals surface area contributed by atoms with Gasteiger partial charge in [-0.25, -0.2) is 0 Å². The molecule has 0 aromatic heterocycles. The van der Waals surface area contributed by atoms with Crippen molar-refractivity contribution in [2.75, 3.05) is 11.9 Å². The standard InChI is InChI=1S/C20H23N3O5S/c1-2-3-4-7-12-28-18-9-6-5-8-15(18)19(25)22-20(29)21-16-11-10-14(23(26)27)13-17(16)24/h5-6,8-11,13,24H,2-4,7,12H2,1H3,(H2,21,22,25,29). The lowest BCUT2D eigenvalue weighted by atomic mass is 10.2. The van der Waals surface area contributed by atoms with Gasteiger partial charge in [-0.15, -0.1) is 0 Å². The Morgan fingerprint density at radius 3 is 2.66 bits per heavy atom. The van der Waals surface area contributed by atoms with Gasteiger partial charge in [0.15, 0.2) is 5.11 Å². The van der Waals surface area contributed by atoms with Crippen LogP contribution in [-0.2, 0) is 0 Å². The summed E-state index contributed by atoms with van der Waals surface area (Å²) in [6.45, 7) is 2.65. The number of benzene rings is 2. The van der Waals surface area contributed by atoms with Crippen LogP contribution >= 0.6 is 12.2 Å². The number of amides is 1. The third-order valence-corrected chi connectivity index (χ3v) is 4.26. The van der Waals surface area contributed by atoms with Crippen LogP contribution in [0.1, 0.15) is 43.0 Å². The summed E-state index contributed by atoms with van der Waals surface area (Å²) in [5.41, 5.74) is 0.217. The Hall–Kier alpha value is -3.20. The van der Waals surface area contributed by atoms with E-state index in [2.05, 4.69) is 17.6 Å². The predicted molar refractivity (Wildman–Crippen MR) is 115 cm³/mol. The second-order valence-corrected chi connectivity index (χ2v) is 6.68. The number of nitrogens with zero attached hydrogens (tertiary/aromatic N) is 1. The molecular formula is C20H23N3O5S. The minimum absolute atomic E-state index is 0.0584. The maximum absolute atomic E-state index is 12.6. The molecule has 0 radical (unpaired) electrons. The number of ether oxygens (including phenoxy) is 1. The van der Waals surface area contributed by atoms with E-state index in [9.17, 15) is 20.0 Å². The van der Waals surface area contributed by atoms with Crippen molar-refractivity contribution in [3.05, 3.63) is 58.1 Å². The van der Waals surface area contributed by atoms with Gasteiger partial charge in [0.2, 0.25) is 0 Å². The summed E-state index contributed by atoms with van der Waals surface area (Å²) in [5, 5.41) is 25.7. The molecule has 0 atom stereocenters. The zero-order valence-electron chi connectivity index (χ0n) is 16.0. The molecule has 0 spiro atoms. The molecule has 29 heavy (non-hydrogen) atoms. The summed E-state index contributed by atoms with van der Waals surface area (Å²) >= 11 is 5.11. The van der Waals surface area contributed by atoms with Gasteiger partial charge in [-0.1, -0.05) is 38.3 Å². The maximum atomic E-state index is 12.6. The normalized spacial score (nSPS) is 10.2. The van der Waals surface area contributed by atoms with Gasteiger partial charge in [0.25, 0.3) is 11.6 Å². The van der Waals surface area contributed by atoms with Crippen LogP contribution in [0.3, 0.4) is 0 Å². The Morgan fingerprint density at radius 2 is 1.97 bits per heavy atom. The Kier molecular flexibility index (Phi) is 8.35. The summed E-state index contributed by atoms with van der Waals surface area (Å²) in [7, 11) is 0. The summed E-state index contributed by atoms with van der Waals surface area (Å²) in [6.07, 6.45) is 4.25. The van der Waals surface area contributed by atoms with Crippen molar-refractivity contribution in [3.63, 3.8) is 0 Å². The molecule has 2 aromatic carbocycles. The lowest BCUT2D eigenvalue weighted by molar-refractivity contribution is -0.384. The molecule has 2 rings (SSSR count). The van der Waals surface area contributed by atoms with Crippen LogP contribution in [-0.4, -0.2) is 27.7 Å². The molecule has 0 saturated heterocycles. The average molecular weight is 417 g/mol. The fourth-order valence-corrected chi connectivity index (χ4v) is 2.76. The molecule has 3 N–H and O–H groups in total. The van der Waals surface area contributed by atoms with Crippen molar-refractivity contribution >= 4 is 34.6 Å². The fraction of sp³-hybridized carbons (Fsp3) is 0.300.